The van der Waals surface area contributed by atoms with E-state index >= 15 is 0 Å². The van der Waals surface area contributed by atoms with Gasteiger partial charge in [-0.15, -0.1) is 0 Å². The first kappa shape index (κ1) is 44.6. The summed E-state index contributed by atoms with van der Waals surface area (Å²) < 4.78 is 13.3. The number of benzene rings is 2. The molecule has 4 atom stereocenters. The Hall–Kier alpha value is -3.49. The number of carbonyl (C=O) groups excluding carboxylic acids is 2. The number of halogens is 2. The van der Waals surface area contributed by atoms with E-state index in [2.05, 4.69) is 11.1 Å². The number of para-hydroxylation sites is 1. The zero-order valence-corrected chi connectivity index (χ0v) is 34.8. The molecule has 5 N–H and O–H groups in total. The summed E-state index contributed by atoms with van der Waals surface area (Å²) in [5.74, 6) is 0.842. The third kappa shape index (κ3) is 10.8. The van der Waals surface area contributed by atoms with Crippen molar-refractivity contribution < 1.29 is 44.6 Å². The second kappa shape index (κ2) is 20.0. The number of aromatic nitrogens is 1. The van der Waals surface area contributed by atoms with E-state index in [1.165, 1.54) is 9.80 Å². The van der Waals surface area contributed by atoms with Crippen molar-refractivity contribution in [1.29, 1.82) is 0 Å². The van der Waals surface area contributed by atoms with Gasteiger partial charge in [0.1, 0.15) is 41.5 Å². The number of carbonyl (C=O) groups is 2. The Morgan fingerprint density at radius 1 is 0.877 bits per heavy atom. The van der Waals surface area contributed by atoms with Gasteiger partial charge >= 0.3 is 0 Å². The standard InChI is InChI=1S/C43H57Cl2N3O9/c1-5-27-31(12-8-10-14-37(53)48(22-18-36(52)47(3)4)24-33(50)40(54)41(55)34(51)25-49)38(44)28(6-2)42(39(27)45)57-43(19-20-43)32-23-46-21-17-29(32)30-11-7-9-13-35(30)56-26-15-16-26/h7,9,11,13,17,21,23,26,33-34,40-41,49-51,54-55H,5-6,8,10,12,14-16,18-20,22,24-25H2,1-4H3/t33-,34+,40+,41+/m0/s1. The molecule has 2 aliphatic carbocycles. The van der Waals surface area contributed by atoms with Gasteiger partial charge in [-0.3, -0.25) is 14.6 Å². The smallest absolute Gasteiger partial charge is 0.223 e. The third-order valence-corrected chi connectivity index (χ3v) is 11.8. The summed E-state index contributed by atoms with van der Waals surface area (Å²) >= 11 is 14.5. The SMILES string of the molecule is CCc1c(Cl)c(OC2(c3cnccc3-c3ccccc3OC3CC3)CC2)c(CC)c(Cl)c1CCCCC(=O)N(CCC(=O)N(C)C)C[C@H](O)[C@@H](O)[C@H](O)[C@H](O)CO. The molecule has 0 radical (unpaired) electrons. The summed E-state index contributed by atoms with van der Waals surface area (Å²) in [7, 11) is 3.19. The maximum atomic E-state index is 13.5. The third-order valence-electron chi connectivity index (χ3n) is 10.9. The minimum atomic E-state index is -1.84. The molecule has 1 heterocycles. The fourth-order valence-electron chi connectivity index (χ4n) is 7.16. The molecule has 14 heteroatoms. The van der Waals surface area contributed by atoms with Crippen LogP contribution in [-0.4, -0.2) is 116 Å². The van der Waals surface area contributed by atoms with Crippen LogP contribution < -0.4 is 9.47 Å². The number of pyridine rings is 1. The van der Waals surface area contributed by atoms with Crippen molar-refractivity contribution in [2.45, 2.75) is 121 Å². The quantitative estimate of drug-likeness (QED) is 0.0843. The zero-order valence-electron chi connectivity index (χ0n) is 33.3. The molecule has 0 bridgehead atoms. The van der Waals surface area contributed by atoms with Gasteiger partial charge in [0.2, 0.25) is 11.8 Å². The molecule has 2 aromatic carbocycles. The number of nitrogens with zero attached hydrogens (tertiary/aromatic N) is 3. The Morgan fingerprint density at radius 3 is 2.19 bits per heavy atom. The average molecular weight is 831 g/mol. The Bertz CT molecular complexity index is 1850. The lowest BCUT2D eigenvalue weighted by Gasteiger charge is -2.30. The monoisotopic (exact) mass is 829 g/mol. The molecule has 0 saturated heterocycles. The summed E-state index contributed by atoms with van der Waals surface area (Å²) in [6.45, 7) is 2.80. The molecule has 0 unspecified atom stereocenters. The van der Waals surface area contributed by atoms with Crippen LogP contribution in [0.4, 0.5) is 0 Å². The van der Waals surface area contributed by atoms with Crippen LogP contribution in [0.2, 0.25) is 10.0 Å². The molecule has 312 valence electrons. The number of aliphatic hydroxyl groups is 5. The van der Waals surface area contributed by atoms with Crippen molar-refractivity contribution in [2.24, 2.45) is 0 Å². The van der Waals surface area contributed by atoms with E-state index in [0.717, 1.165) is 64.8 Å². The number of hydrogen-bond donors (Lipinski definition) is 5. The van der Waals surface area contributed by atoms with E-state index in [1.807, 2.05) is 44.3 Å². The van der Waals surface area contributed by atoms with E-state index in [1.54, 1.807) is 20.3 Å². The van der Waals surface area contributed by atoms with Crippen molar-refractivity contribution in [3.8, 4) is 22.6 Å². The molecular weight excluding hydrogens is 773 g/mol. The Labute approximate surface area is 345 Å². The van der Waals surface area contributed by atoms with Gasteiger partial charge in [-0.25, -0.2) is 0 Å². The largest absolute Gasteiger partial charge is 0.490 e. The molecule has 1 aromatic heterocycles. The molecule has 2 amide bonds. The van der Waals surface area contributed by atoms with E-state index in [4.69, 9.17) is 37.8 Å². The van der Waals surface area contributed by atoms with Gasteiger partial charge in [0.05, 0.1) is 22.8 Å². The van der Waals surface area contributed by atoms with Crippen LogP contribution in [-0.2, 0) is 34.5 Å². The number of rotatable bonds is 22. The van der Waals surface area contributed by atoms with Gasteiger partial charge < -0.3 is 44.8 Å². The molecule has 0 spiro atoms. The molecule has 2 fully saturated rings. The summed E-state index contributed by atoms with van der Waals surface area (Å²) in [5, 5.41) is 51.1. The summed E-state index contributed by atoms with van der Waals surface area (Å²) in [4.78, 5) is 33.0. The van der Waals surface area contributed by atoms with Gasteiger partial charge in [0.15, 0.2) is 0 Å². The molecule has 5 rings (SSSR count). The Balaban J connectivity index is 1.31. The van der Waals surface area contributed by atoms with Gasteiger partial charge in [0, 0.05) is 69.1 Å². The molecule has 2 saturated carbocycles. The van der Waals surface area contributed by atoms with Crippen LogP contribution in [0, 0.1) is 0 Å². The molecular formula is C43H57Cl2N3O9. The first-order valence-corrected chi connectivity index (χ1v) is 20.7. The van der Waals surface area contributed by atoms with Crippen LogP contribution in [0.5, 0.6) is 11.5 Å². The first-order chi connectivity index (χ1) is 27.3. The zero-order chi connectivity index (χ0) is 41.4. The van der Waals surface area contributed by atoms with Crippen molar-refractivity contribution >= 4 is 35.0 Å². The molecule has 57 heavy (non-hydrogen) atoms. The number of hydrogen-bond acceptors (Lipinski definition) is 10. The van der Waals surface area contributed by atoms with E-state index in [-0.39, 0.29) is 43.8 Å². The lowest BCUT2D eigenvalue weighted by molar-refractivity contribution is -0.141. The number of aliphatic hydroxyl groups excluding tert-OH is 5. The van der Waals surface area contributed by atoms with Gasteiger partial charge in [0.25, 0.3) is 0 Å². The van der Waals surface area contributed by atoms with E-state index < -0.39 is 36.6 Å². The Morgan fingerprint density at radius 2 is 1.56 bits per heavy atom. The predicted octanol–water partition coefficient (Wildman–Crippen LogP) is 5.25. The highest BCUT2D eigenvalue weighted by Crippen LogP contribution is 2.55. The van der Waals surface area contributed by atoms with Crippen LogP contribution in [0.1, 0.15) is 87.5 Å². The number of amides is 2. The van der Waals surface area contributed by atoms with Crippen LogP contribution in [0.25, 0.3) is 11.1 Å². The summed E-state index contributed by atoms with van der Waals surface area (Å²) in [5.41, 5.74) is 4.94. The molecule has 0 aliphatic heterocycles. The highest BCUT2D eigenvalue weighted by molar-refractivity contribution is 6.36. The highest BCUT2D eigenvalue weighted by Gasteiger charge is 2.50. The second-order valence-electron chi connectivity index (χ2n) is 15.3. The van der Waals surface area contributed by atoms with Gasteiger partial charge in [-0.1, -0.05) is 55.2 Å². The van der Waals surface area contributed by atoms with Crippen molar-refractivity contribution in [3.05, 3.63) is 75.0 Å². The second-order valence-corrected chi connectivity index (χ2v) is 16.1. The summed E-state index contributed by atoms with van der Waals surface area (Å²) in [6.07, 6.45) is 3.44. The first-order valence-electron chi connectivity index (χ1n) is 20.0. The Kier molecular flexibility index (Phi) is 15.6. The predicted molar refractivity (Wildman–Crippen MR) is 219 cm³/mol. The van der Waals surface area contributed by atoms with Crippen LogP contribution in [0.3, 0.4) is 0 Å². The van der Waals surface area contributed by atoms with Gasteiger partial charge in [-0.05, 0) is 86.6 Å². The fourth-order valence-corrected chi connectivity index (χ4v) is 7.99. The maximum Gasteiger partial charge on any atom is 0.223 e. The van der Waals surface area contributed by atoms with E-state index in [9.17, 15) is 30.0 Å². The topological polar surface area (TPSA) is 173 Å². The van der Waals surface area contributed by atoms with Gasteiger partial charge in [-0.2, -0.15) is 0 Å². The minimum Gasteiger partial charge on any atom is -0.490 e. The average Bonchev–Trinajstić information content (AvgIpc) is 4.16. The van der Waals surface area contributed by atoms with Crippen molar-refractivity contribution in [2.75, 3.05) is 33.8 Å². The normalized spacial score (nSPS) is 16.7. The van der Waals surface area contributed by atoms with Crippen LogP contribution >= 0.6 is 23.2 Å². The number of ether oxygens (including phenoxy) is 2. The summed E-state index contributed by atoms with van der Waals surface area (Å²) in [6, 6.07) is 10.1. The number of unbranched alkanes of at least 4 members (excludes halogenated alkanes) is 1. The minimum absolute atomic E-state index is 0.0168. The van der Waals surface area contributed by atoms with Crippen LogP contribution in [0.15, 0.2) is 42.7 Å². The lowest BCUT2D eigenvalue weighted by atomic mass is 9.94. The van der Waals surface area contributed by atoms with E-state index in [0.29, 0.717) is 47.9 Å². The molecule has 2 aliphatic rings. The lowest BCUT2D eigenvalue weighted by Crippen LogP contribution is -2.51. The molecule has 12 nitrogen and oxygen atoms in total. The highest BCUT2D eigenvalue weighted by atomic mass is 35.5. The van der Waals surface area contributed by atoms with Crippen molar-refractivity contribution in [3.63, 3.8) is 0 Å². The molecule has 3 aromatic rings. The maximum absolute atomic E-state index is 13.5. The fraction of sp³-hybridized carbons (Fsp3) is 0.558. The van der Waals surface area contributed by atoms with Crippen molar-refractivity contribution in [1.82, 2.24) is 14.8 Å².